The molecule has 1 aliphatic carbocycles. The van der Waals surface area contributed by atoms with Crippen LogP contribution in [-0.4, -0.2) is 47.9 Å². The summed E-state index contributed by atoms with van der Waals surface area (Å²) in [5, 5.41) is 5.55. The van der Waals surface area contributed by atoms with Crippen molar-refractivity contribution in [2.45, 2.75) is 51.6 Å². The minimum Gasteiger partial charge on any atom is -0.454 e. The standard InChI is InChI=1S/C22H29N3O5/c1-14-8-7-11-17(15(14)2)23-18(26)13-30-19(27)12-25-20(28)22(3,24-21(25)29)16-9-5-4-6-10-16/h4-6,9-10,14-15,17H,7-8,11-13H2,1-3H3,(H,23,26)(H,24,29)/t14-,15-,17+,22-/m1/s1. The maximum absolute atomic E-state index is 12.8. The van der Waals surface area contributed by atoms with Gasteiger partial charge in [0.05, 0.1) is 0 Å². The van der Waals surface area contributed by atoms with Gasteiger partial charge < -0.3 is 15.4 Å². The molecule has 1 heterocycles. The van der Waals surface area contributed by atoms with Gasteiger partial charge in [-0.05, 0) is 30.7 Å². The summed E-state index contributed by atoms with van der Waals surface area (Å²) in [5.74, 6) is -0.827. The van der Waals surface area contributed by atoms with Crippen LogP contribution in [0, 0.1) is 11.8 Å². The zero-order valence-corrected chi connectivity index (χ0v) is 17.6. The molecule has 2 aliphatic rings. The molecule has 162 valence electrons. The number of hydrogen-bond donors (Lipinski definition) is 2. The number of ether oxygens (including phenoxy) is 1. The Hall–Kier alpha value is -2.90. The first-order valence-electron chi connectivity index (χ1n) is 10.4. The average Bonchev–Trinajstić information content (AvgIpc) is 2.94. The quantitative estimate of drug-likeness (QED) is 0.546. The maximum Gasteiger partial charge on any atom is 0.326 e. The first kappa shape index (κ1) is 21.8. The first-order valence-corrected chi connectivity index (χ1v) is 10.4. The lowest BCUT2D eigenvalue weighted by Crippen LogP contribution is -2.45. The van der Waals surface area contributed by atoms with E-state index < -0.39 is 36.6 Å². The Labute approximate surface area is 176 Å². The van der Waals surface area contributed by atoms with Crippen LogP contribution in [0.4, 0.5) is 4.79 Å². The summed E-state index contributed by atoms with van der Waals surface area (Å²) >= 11 is 0. The summed E-state index contributed by atoms with van der Waals surface area (Å²) in [4.78, 5) is 50.2. The first-order chi connectivity index (χ1) is 14.2. The molecular weight excluding hydrogens is 386 g/mol. The summed E-state index contributed by atoms with van der Waals surface area (Å²) < 4.78 is 5.02. The van der Waals surface area contributed by atoms with Crippen LogP contribution in [0.25, 0.3) is 0 Å². The summed E-state index contributed by atoms with van der Waals surface area (Å²) in [6, 6.07) is 8.21. The minimum atomic E-state index is -1.25. The van der Waals surface area contributed by atoms with Gasteiger partial charge in [-0.1, -0.05) is 57.0 Å². The molecule has 0 spiro atoms. The minimum absolute atomic E-state index is 0.0671. The Morgan fingerprint density at radius 1 is 1.20 bits per heavy atom. The van der Waals surface area contributed by atoms with Crippen LogP contribution in [0.15, 0.2) is 30.3 Å². The van der Waals surface area contributed by atoms with Crippen molar-refractivity contribution >= 4 is 23.8 Å². The van der Waals surface area contributed by atoms with Gasteiger partial charge in [0.15, 0.2) is 6.61 Å². The van der Waals surface area contributed by atoms with E-state index in [0.29, 0.717) is 17.4 Å². The third-order valence-corrected chi connectivity index (χ3v) is 6.33. The zero-order valence-electron chi connectivity index (χ0n) is 17.6. The van der Waals surface area contributed by atoms with Crippen molar-refractivity contribution < 1.29 is 23.9 Å². The normalized spacial score (nSPS) is 28.8. The second-order valence-electron chi connectivity index (χ2n) is 8.41. The lowest BCUT2D eigenvalue weighted by atomic mass is 9.78. The number of benzene rings is 1. The Bertz CT molecular complexity index is 827. The molecule has 1 aromatic rings. The van der Waals surface area contributed by atoms with Gasteiger partial charge in [-0.2, -0.15) is 0 Å². The van der Waals surface area contributed by atoms with E-state index in [2.05, 4.69) is 24.5 Å². The molecule has 8 heteroatoms. The van der Waals surface area contributed by atoms with Crippen molar-refractivity contribution in [1.82, 2.24) is 15.5 Å². The summed E-state index contributed by atoms with van der Waals surface area (Å²) in [5.41, 5.74) is -0.626. The van der Waals surface area contributed by atoms with Gasteiger partial charge in [0, 0.05) is 6.04 Å². The van der Waals surface area contributed by atoms with Crippen LogP contribution >= 0.6 is 0 Å². The van der Waals surface area contributed by atoms with E-state index in [0.717, 1.165) is 24.2 Å². The van der Waals surface area contributed by atoms with Crippen molar-refractivity contribution in [3.63, 3.8) is 0 Å². The van der Waals surface area contributed by atoms with E-state index in [4.69, 9.17) is 4.74 Å². The van der Waals surface area contributed by atoms with Gasteiger partial charge in [0.1, 0.15) is 12.1 Å². The third kappa shape index (κ3) is 4.47. The van der Waals surface area contributed by atoms with Gasteiger partial charge in [0.2, 0.25) is 0 Å². The van der Waals surface area contributed by atoms with Crippen molar-refractivity contribution in [1.29, 1.82) is 0 Å². The number of rotatable bonds is 6. The fourth-order valence-corrected chi connectivity index (χ4v) is 4.16. The van der Waals surface area contributed by atoms with Gasteiger partial charge >= 0.3 is 12.0 Å². The fourth-order valence-electron chi connectivity index (χ4n) is 4.16. The number of hydrogen-bond acceptors (Lipinski definition) is 5. The Morgan fingerprint density at radius 2 is 1.90 bits per heavy atom. The Kier molecular flexibility index (Phi) is 6.43. The van der Waals surface area contributed by atoms with Crippen molar-refractivity contribution in [3.8, 4) is 0 Å². The van der Waals surface area contributed by atoms with Crippen molar-refractivity contribution in [3.05, 3.63) is 35.9 Å². The molecule has 2 fully saturated rings. The molecule has 1 aliphatic heterocycles. The molecular formula is C22H29N3O5. The highest BCUT2D eigenvalue weighted by Crippen LogP contribution is 2.30. The van der Waals surface area contributed by atoms with Crippen molar-refractivity contribution in [2.24, 2.45) is 11.8 Å². The molecule has 0 bridgehead atoms. The summed E-state index contributed by atoms with van der Waals surface area (Å²) in [7, 11) is 0. The Balaban J connectivity index is 1.52. The molecule has 8 nitrogen and oxygen atoms in total. The van der Waals surface area contributed by atoms with E-state index in [1.807, 2.05) is 6.07 Å². The van der Waals surface area contributed by atoms with E-state index in [-0.39, 0.29) is 11.9 Å². The van der Waals surface area contributed by atoms with Crippen LogP contribution in [0.1, 0.15) is 45.6 Å². The summed E-state index contributed by atoms with van der Waals surface area (Å²) in [6.07, 6.45) is 3.12. The third-order valence-electron chi connectivity index (χ3n) is 6.33. The predicted octanol–water partition coefficient (Wildman–Crippen LogP) is 1.94. The largest absolute Gasteiger partial charge is 0.454 e. The molecule has 0 radical (unpaired) electrons. The molecule has 4 atom stereocenters. The predicted molar refractivity (Wildman–Crippen MR) is 109 cm³/mol. The molecule has 3 rings (SSSR count). The molecule has 1 saturated heterocycles. The number of imide groups is 1. The van der Waals surface area contributed by atoms with Crippen LogP contribution in [0.3, 0.4) is 0 Å². The highest BCUT2D eigenvalue weighted by Gasteiger charge is 2.49. The number of amides is 4. The highest BCUT2D eigenvalue weighted by atomic mass is 16.5. The molecule has 1 aromatic carbocycles. The number of carbonyl (C=O) groups is 4. The maximum atomic E-state index is 12.8. The second-order valence-corrected chi connectivity index (χ2v) is 8.41. The van der Waals surface area contributed by atoms with Gasteiger partial charge in [-0.15, -0.1) is 0 Å². The van der Waals surface area contributed by atoms with Crippen LogP contribution in [0.2, 0.25) is 0 Å². The fraction of sp³-hybridized carbons (Fsp3) is 0.545. The van der Waals surface area contributed by atoms with E-state index in [1.165, 1.54) is 0 Å². The highest BCUT2D eigenvalue weighted by molar-refractivity contribution is 6.08. The number of esters is 1. The van der Waals surface area contributed by atoms with E-state index in [1.54, 1.807) is 31.2 Å². The molecule has 0 unspecified atom stereocenters. The van der Waals surface area contributed by atoms with Crippen LogP contribution in [0.5, 0.6) is 0 Å². The molecule has 4 amide bonds. The van der Waals surface area contributed by atoms with Crippen molar-refractivity contribution in [2.75, 3.05) is 13.2 Å². The summed E-state index contributed by atoms with van der Waals surface area (Å²) in [6.45, 7) is 4.90. The topological polar surface area (TPSA) is 105 Å². The average molecular weight is 415 g/mol. The zero-order chi connectivity index (χ0) is 21.9. The molecule has 30 heavy (non-hydrogen) atoms. The van der Waals surface area contributed by atoms with Crippen LogP contribution < -0.4 is 10.6 Å². The second kappa shape index (κ2) is 8.85. The number of nitrogens with zero attached hydrogens (tertiary/aromatic N) is 1. The Morgan fingerprint density at radius 3 is 2.60 bits per heavy atom. The number of nitrogens with one attached hydrogen (secondary N) is 2. The molecule has 0 aromatic heterocycles. The molecule has 1 saturated carbocycles. The SMILES string of the molecule is C[C@@H]1[C@H](C)CCC[C@@H]1NC(=O)COC(=O)CN1C(=O)N[C@](C)(c2ccccc2)C1=O. The van der Waals surface area contributed by atoms with Crippen LogP contribution in [-0.2, 0) is 24.7 Å². The van der Waals surface area contributed by atoms with E-state index >= 15 is 0 Å². The smallest absolute Gasteiger partial charge is 0.326 e. The van der Waals surface area contributed by atoms with Gasteiger partial charge in [0.25, 0.3) is 11.8 Å². The van der Waals surface area contributed by atoms with E-state index in [9.17, 15) is 19.2 Å². The number of carbonyl (C=O) groups excluding carboxylic acids is 4. The lowest BCUT2D eigenvalue weighted by Gasteiger charge is -2.34. The lowest BCUT2D eigenvalue weighted by molar-refractivity contribution is -0.151. The molecule has 2 N–H and O–H groups in total. The van der Waals surface area contributed by atoms with Gasteiger partial charge in [-0.25, -0.2) is 4.79 Å². The number of urea groups is 1. The monoisotopic (exact) mass is 415 g/mol. The van der Waals surface area contributed by atoms with Gasteiger partial charge in [-0.3, -0.25) is 19.3 Å².